The second kappa shape index (κ2) is 3.20. The summed E-state index contributed by atoms with van der Waals surface area (Å²) in [6.07, 6.45) is 5.95. The molecule has 1 unspecified atom stereocenters. The SMILES string of the molecule is Nc1ccnc2c(C3CCCN3)cnn12. The second-order valence-electron chi connectivity index (χ2n) is 3.85. The molecule has 1 saturated heterocycles. The maximum Gasteiger partial charge on any atom is 0.162 e. The van der Waals surface area contributed by atoms with Crippen molar-refractivity contribution in [3.05, 3.63) is 24.0 Å². The largest absolute Gasteiger partial charge is 0.384 e. The number of hydrogen-bond donors (Lipinski definition) is 2. The first-order chi connectivity index (χ1) is 7.36. The van der Waals surface area contributed by atoms with Crippen LogP contribution < -0.4 is 11.1 Å². The van der Waals surface area contributed by atoms with E-state index in [1.54, 1.807) is 16.8 Å². The Morgan fingerprint density at radius 2 is 2.47 bits per heavy atom. The lowest BCUT2D eigenvalue weighted by Crippen LogP contribution is -2.12. The molecule has 3 N–H and O–H groups in total. The molecule has 2 aromatic heterocycles. The molecule has 3 rings (SSSR count). The van der Waals surface area contributed by atoms with Gasteiger partial charge in [0.1, 0.15) is 5.82 Å². The lowest BCUT2D eigenvalue weighted by atomic mass is 10.1. The zero-order chi connectivity index (χ0) is 10.3. The summed E-state index contributed by atoms with van der Waals surface area (Å²) in [5, 5.41) is 7.69. The van der Waals surface area contributed by atoms with Gasteiger partial charge in [0.05, 0.1) is 6.20 Å². The second-order valence-corrected chi connectivity index (χ2v) is 3.85. The Hall–Kier alpha value is -1.62. The monoisotopic (exact) mass is 203 g/mol. The molecule has 78 valence electrons. The van der Waals surface area contributed by atoms with Crippen molar-refractivity contribution < 1.29 is 0 Å². The fourth-order valence-electron chi connectivity index (χ4n) is 2.12. The molecule has 0 radical (unpaired) electrons. The highest BCUT2D eigenvalue weighted by Crippen LogP contribution is 2.25. The maximum atomic E-state index is 5.81. The van der Waals surface area contributed by atoms with Crippen LogP contribution in [0.4, 0.5) is 5.82 Å². The smallest absolute Gasteiger partial charge is 0.162 e. The number of nitrogens with zero attached hydrogens (tertiary/aromatic N) is 3. The van der Waals surface area contributed by atoms with Crippen molar-refractivity contribution in [1.29, 1.82) is 0 Å². The molecule has 0 aromatic carbocycles. The number of aromatic nitrogens is 3. The third-order valence-electron chi connectivity index (χ3n) is 2.89. The van der Waals surface area contributed by atoms with Crippen molar-refractivity contribution in [2.75, 3.05) is 12.3 Å². The van der Waals surface area contributed by atoms with Gasteiger partial charge in [0.2, 0.25) is 0 Å². The van der Waals surface area contributed by atoms with Crippen LogP contribution in [0.5, 0.6) is 0 Å². The fourth-order valence-corrected chi connectivity index (χ4v) is 2.12. The molecular formula is C10H13N5. The summed E-state index contributed by atoms with van der Waals surface area (Å²) in [6.45, 7) is 1.07. The lowest BCUT2D eigenvalue weighted by molar-refractivity contribution is 0.651. The van der Waals surface area contributed by atoms with Crippen molar-refractivity contribution in [3.8, 4) is 0 Å². The minimum absolute atomic E-state index is 0.386. The highest BCUT2D eigenvalue weighted by Gasteiger charge is 2.20. The van der Waals surface area contributed by atoms with Crippen molar-refractivity contribution in [1.82, 2.24) is 19.9 Å². The summed E-state index contributed by atoms with van der Waals surface area (Å²) >= 11 is 0. The minimum atomic E-state index is 0.386. The number of nitrogens with two attached hydrogens (primary N) is 1. The van der Waals surface area contributed by atoms with E-state index >= 15 is 0 Å². The Balaban J connectivity index is 2.15. The van der Waals surface area contributed by atoms with E-state index in [0.29, 0.717) is 11.9 Å². The molecule has 2 aromatic rings. The third kappa shape index (κ3) is 1.27. The fraction of sp³-hybridized carbons (Fsp3) is 0.400. The van der Waals surface area contributed by atoms with Crippen LogP contribution in [-0.4, -0.2) is 21.1 Å². The van der Waals surface area contributed by atoms with Crippen LogP contribution >= 0.6 is 0 Å². The molecule has 5 heteroatoms. The van der Waals surface area contributed by atoms with Gasteiger partial charge in [0.25, 0.3) is 0 Å². The molecule has 0 saturated carbocycles. The molecule has 0 aliphatic carbocycles. The first kappa shape index (κ1) is 8.67. The van der Waals surface area contributed by atoms with Gasteiger partial charge in [-0.25, -0.2) is 4.98 Å². The van der Waals surface area contributed by atoms with E-state index in [-0.39, 0.29) is 0 Å². The van der Waals surface area contributed by atoms with Crippen LogP contribution in [-0.2, 0) is 0 Å². The van der Waals surface area contributed by atoms with E-state index in [9.17, 15) is 0 Å². The molecule has 15 heavy (non-hydrogen) atoms. The Morgan fingerprint density at radius 3 is 3.27 bits per heavy atom. The van der Waals surface area contributed by atoms with Gasteiger partial charge in [-0.2, -0.15) is 9.61 Å². The number of rotatable bonds is 1. The van der Waals surface area contributed by atoms with Crippen molar-refractivity contribution >= 4 is 11.5 Å². The Morgan fingerprint density at radius 1 is 1.53 bits per heavy atom. The first-order valence-electron chi connectivity index (χ1n) is 5.18. The maximum absolute atomic E-state index is 5.81. The Kier molecular flexibility index (Phi) is 1.85. The van der Waals surface area contributed by atoms with Crippen LogP contribution in [0.2, 0.25) is 0 Å². The first-order valence-corrected chi connectivity index (χ1v) is 5.18. The van der Waals surface area contributed by atoms with Gasteiger partial charge < -0.3 is 11.1 Å². The summed E-state index contributed by atoms with van der Waals surface area (Å²) in [6, 6.07) is 2.14. The van der Waals surface area contributed by atoms with Gasteiger partial charge in [-0.15, -0.1) is 0 Å². The normalized spacial score (nSPS) is 21.2. The minimum Gasteiger partial charge on any atom is -0.384 e. The highest BCUT2D eigenvalue weighted by atomic mass is 15.3. The summed E-state index contributed by atoms with van der Waals surface area (Å²) in [5.41, 5.74) is 7.83. The average Bonchev–Trinajstić information content (AvgIpc) is 2.85. The zero-order valence-electron chi connectivity index (χ0n) is 8.35. The number of nitrogens with one attached hydrogen (secondary N) is 1. The molecular weight excluding hydrogens is 190 g/mol. The summed E-state index contributed by atoms with van der Waals surface area (Å²) in [5.74, 6) is 0.629. The van der Waals surface area contributed by atoms with Crippen molar-refractivity contribution in [2.24, 2.45) is 0 Å². The number of nitrogen functional groups attached to an aromatic ring is 1. The van der Waals surface area contributed by atoms with E-state index < -0.39 is 0 Å². The Bertz CT molecular complexity index is 484. The molecule has 1 aliphatic heterocycles. The summed E-state index contributed by atoms with van der Waals surface area (Å²) < 4.78 is 1.69. The van der Waals surface area contributed by atoms with E-state index in [1.165, 1.54) is 6.42 Å². The van der Waals surface area contributed by atoms with Gasteiger partial charge in [-0.3, -0.25) is 0 Å². The van der Waals surface area contributed by atoms with E-state index in [4.69, 9.17) is 5.73 Å². The van der Waals surface area contributed by atoms with E-state index in [2.05, 4.69) is 15.4 Å². The van der Waals surface area contributed by atoms with Crippen LogP contribution in [0.3, 0.4) is 0 Å². The van der Waals surface area contributed by atoms with Gasteiger partial charge >= 0.3 is 0 Å². The van der Waals surface area contributed by atoms with E-state index in [1.807, 2.05) is 6.20 Å². The predicted octanol–water partition coefficient (Wildman–Crippen LogP) is 0.736. The third-order valence-corrected chi connectivity index (χ3v) is 2.89. The van der Waals surface area contributed by atoms with Gasteiger partial charge in [-0.05, 0) is 25.5 Å². The predicted molar refractivity (Wildman–Crippen MR) is 57.4 cm³/mol. The number of fused-ring (bicyclic) bond motifs is 1. The van der Waals surface area contributed by atoms with Gasteiger partial charge in [-0.1, -0.05) is 0 Å². The van der Waals surface area contributed by atoms with Gasteiger partial charge in [0, 0.05) is 17.8 Å². The zero-order valence-corrected chi connectivity index (χ0v) is 8.35. The standard InChI is InChI=1S/C10H13N5/c11-9-3-5-13-10-7(6-14-15(9)10)8-2-1-4-12-8/h3,5-6,8,12H,1-2,4,11H2. The molecule has 0 bridgehead atoms. The van der Waals surface area contributed by atoms with Gasteiger partial charge in [0.15, 0.2) is 5.65 Å². The average molecular weight is 203 g/mol. The molecule has 3 heterocycles. The number of anilines is 1. The van der Waals surface area contributed by atoms with Crippen LogP contribution in [0, 0.1) is 0 Å². The molecule has 1 fully saturated rings. The molecule has 0 spiro atoms. The van der Waals surface area contributed by atoms with Crippen LogP contribution in [0.1, 0.15) is 24.4 Å². The molecule has 1 aliphatic rings. The molecule has 5 nitrogen and oxygen atoms in total. The summed E-state index contributed by atoms with van der Waals surface area (Å²) in [7, 11) is 0. The lowest BCUT2D eigenvalue weighted by Gasteiger charge is -2.07. The molecule has 0 amide bonds. The highest BCUT2D eigenvalue weighted by molar-refractivity contribution is 5.52. The molecule has 1 atom stereocenters. The Labute approximate surface area is 87.3 Å². The topological polar surface area (TPSA) is 68.2 Å². The number of hydrogen-bond acceptors (Lipinski definition) is 4. The van der Waals surface area contributed by atoms with Crippen LogP contribution in [0.15, 0.2) is 18.5 Å². The quantitative estimate of drug-likeness (QED) is 0.717. The van der Waals surface area contributed by atoms with Crippen LogP contribution in [0.25, 0.3) is 5.65 Å². The summed E-state index contributed by atoms with van der Waals surface area (Å²) in [4.78, 5) is 4.33. The van der Waals surface area contributed by atoms with Crippen molar-refractivity contribution in [2.45, 2.75) is 18.9 Å². The van der Waals surface area contributed by atoms with Crippen molar-refractivity contribution in [3.63, 3.8) is 0 Å². The van der Waals surface area contributed by atoms with E-state index in [0.717, 1.165) is 24.2 Å².